The van der Waals surface area contributed by atoms with Crippen LogP contribution >= 0.6 is 11.6 Å². The van der Waals surface area contributed by atoms with Gasteiger partial charge >= 0.3 is 0 Å². The van der Waals surface area contributed by atoms with Crippen molar-refractivity contribution >= 4 is 11.6 Å². The highest BCUT2D eigenvalue weighted by Gasteiger charge is 2.04. The molecule has 1 unspecified atom stereocenters. The van der Waals surface area contributed by atoms with E-state index >= 15 is 0 Å². The van der Waals surface area contributed by atoms with Gasteiger partial charge in [-0.25, -0.2) is 0 Å². The summed E-state index contributed by atoms with van der Waals surface area (Å²) in [5, 5.41) is 9.29. The minimum Gasteiger partial charge on any atom is -0.504 e. The molecule has 66 valence electrons. The van der Waals surface area contributed by atoms with Gasteiger partial charge in [0.05, 0.1) is 5.88 Å². The molecule has 1 N–H and O–H groups in total. The van der Waals surface area contributed by atoms with Crippen molar-refractivity contribution in [3.8, 4) is 11.5 Å². The topological polar surface area (TPSA) is 29.5 Å². The SMILES string of the molecule is CC(CCl)Oc1ccccc1O. The number of halogens is 1. The Morgan fingerprint density at radius 2 is 2.17 bits per heavy atom. The molecular formula is C9H11ClO2. The monoisotopic (exact) mass is 186 g/mol. The maximum atomic E-state index is 9.29. The van der Waals surface area contributed by atoms with Crippen LogP contribution in [0.2, 0.25) is 0 Å². The summed E-state index contributed by atoms with van der Waals surface area (Å²) in [6.07, 6.45) is -0.0834. The largest absolute Gasteiger partial charge is 0.504 e. The van der Waals surface area contributed by atoms with Gasteiger partial charge in [-0.1, -0.05) is 12.1 Å². The summed E-state index contributed by atoms with van der Waals surface area (Å²) in [7, 11) is 0. The second kappa shape index (κ2) is 4.21. The lowest BCUT2D eigenvalue weighted by Crippen LogP contribution is -2.12. The highest BCUT2D eigenvalue weighted by atomic mass is 35.5. The Bertz CT molecular complexity index is 250. The fraction of sp³-hybridized carbons (Fsp3) is 0.333. The average molecular weight is 187 g/mol. The third-order valence-corrected chi connectivity index (χ3v) is 1.85. The van der Waals surface area contributed by atoms with Crippen LogP contribution in [-0.4, -0.2) is 17.1 Å². The Balaban J connectivity index is 2.69. The van der Waals surface area contributed by atoms with Gasteiger partial charge in [-0.15, -0.1) is 11.6 Å². The average Bonchev–Trinajstić information content (AvgIpc) is 2.09. The van der Waals surface area contributed by atoms with Crippen molar-refractivity contribution in [2.75, 3.05) is 5.88 Å². The van der Waals surface area contributed by atoms with E-state index in [1.165, 1.54) is 0 Å². The molecule has 0 spiro atoms. The Morgan fingerprint density at radius 3 is 2.75 bits per heavy atom. The van der Waals surface area contributed by atoms with Crippen LogP contribution in [0, 0.1) is 0 Å². The number of phenols is 1. The van der Waals surface area contributed by atoms with E-state index in [1.54, 1.807) is 24.3 Å². The number of benzene rings is 1. The van der Waals surface area contributed by atoms with E-state index in [4.69, 9.17) is 16.3 Å². The number of hydrogen-bond donors (Lipinski definition) is 1. The Kier molecular flexibility index (Phi) is 3.23. The minimum atomic E-state index is -0.0834. The van der Waals surface area contributed by atoms with Crippen LogP contribution in [0.15, 0.2) is 24.3 Å². The number of alkyl halides is 1. The van der Waals surface area contributed by atoms with Gasteiger partial charge in [0.2, 0.25) is 0 Å². The van der Waals surface area contributed by atoms with Crippen molar-refractivity contribution in [3.05, 3.63) is 24.3 Å². The Morgan fingerprint density at radius 1 is 1.50 bits per heavy atom. The normalized spacial score (nSPS) is 12.5. The number of phenolic OH excluding ortho intramolecular Hbond substituents is 1. The molecule has 0 aliphatic rings. The van der Waals surface area contributed by atoms with Crippen molar-refractivity contribution in [3.63, 3.8) is 0 Å². The van der Waals surface area contributed by atoms with Crippen molar-refractivity contribution in [1.29, 1.82) is 0 Å². The van der Waals surface area contributed by atoms with Crippen molar-refractivity contribution in [2.45, 2.75) is 13.0 Å². The van der Waals surface area contributed by atoms with E-state index in [0.717, 1.165) is 0 Å². The lowest BCUT2D eigenvalue weighted by molar-refractivity contribution is 0.235. The van der Waals surface area contributed by atoms with Crippen LogP contribution in [0.1, 0.15) is 6.92 Å². The van der Waals surface area contributed by atoms with Gasteiger partial charge in [0.25, 0.3) is 0 Å². The molecule has 2 nitrogen and oxygen atoms in total. The number of aromatic hydroxyl groups is 1. The lowest BCUT2D eigenvalue weighted by Gasteiger charge is -2.12. The van der Waals surface area contributed by atoms with Crippen molar-refractivity contribution < 1.29 is 9.84 Å². The van der Waals surface area contributed by atoms with Gasteiger partial charge in [-0.2, -0.15) is 0 Å². The molecular weight excluding hydrogens is 176 g/mol. The third-order valence-electron chi connectivity index (χ3n) is 1.41. The molecule has 0 aliphatic heterocycles. The summed E-state index contributed by atoms with van der Waals surface area (Å²) in [6.45, 7) is 1.85. The first kappa shape index (κ1) is 9.20. The van der Waals surface area contributed by atoms with Crippen LogP contribution < -0.4 is 4.74 Å². The summed E-state index contributed by atoms with van der Waals surface area (Å²) in [6, 6.07) is 6.83. The van der Waals surface area contributed by atoms with E-state index in [9.17, 15) is 5.11 Å². The summed E-state index contributed by atoms with van der Waals surface area (Å²) >= 11 is 5.55. The molecule has 0 aliphatic carbocycles. The summed E-state index contributed by atoms with van der Waals surface area (Å²) in [5.74, 6) is 1.04. The van der Waals surface area contributed by atoms with Crippen LogP contribution in [-0.2, 0) is 0 Å². The van der Waals surface area contributed by atoms with Gasteiger partial charge in [-0.05, 0) is 19.1 Å². The minimum absolute atomic E-state index is 0.0834. The van der Waals surface area contributed by atoms with Crippen LogP contribution in [0.25, 0.3) is 0 Å². The van der Waals surface area contributed by atoms with Crippen LogP contribution in [0.3, 0.4) is 0 Å². The van der Waals surface area contributed by atoms with E-state index in [2.05, 4.69) is 0 Å². The van der Waals surface area contributed by atoms with E-state index in [-0.39, 0.29) is 11.9 Å². The molecule has 0 fully saturated rings. The standard InChI is InChI=1S/C9H11ClO2/c1-7(6-10)12-9-5-3-2-4-8(9)11/h2-5,7,11H,6H2,1H3. The number of para-hydroxylation sites is 2. The summed E-state index contributed by atoms with van der Waals surface area (Å²) in [4.78, 5) is 0. The molecule has 0 heterocycles. The van der Waals surface area contributed by atoms with Gasteiger partial charge in [-0.3, -0.25) is 0 Å². The molecule has 0 radical (unpaired) electrons. The lowest BCUT2D eigenvalue weighted by atomic mass is 10.3. The molecule has 1 atom stereocenters. The van der Waals surface area contributed by atoms with Crippen molar-refractivity contribution in [2.24, 2.45) is 0 Å². The molecule has 1 rings (SSSR count). The Labute approximate surface area is 76.7 Å². The maximum Gasteiger partial charge on any atom is 0.161 e. The first-order valence-corrected chi connectivity index (χ1v) is 4.28. The smallest absolute Gasteiger partial charge is 0.161 e. The van der Waals surface area contributed by atoms with Crippen LogP contribution in [0.4, 0.5) is 0 Å². The third kappa shape index (κ3) is 2.31. The van der Waals surface area contributed by atoms with E-state index in [1.807, 2.05) is 6.92 Å². The molecule has 0 bridgehead atoms. The first-order chi connectivity index (χ1) is 5.74. The number of rotatable bonds is 3. The highest BCUT2D eigenvalue weighted by Crippen LogP contribution is 2.25. The maximum absolute atomic E-state index is 9.29. The quantitative estimate of drug-likeness (QED) is 0.735. The van der Waals surface area contributed by atoms with Gasteiger partial charge in [0.1, 0.15) is 6.10 Å². The second-order valence-corrected chi connectivity index (χ2v) is 2.86. The molecule has 0 amide bonds. The fourth-order valence-corrected chi connectivity index (χ4v) is 0.868. The zero-order valence-corrected chi connectivity index (χ0v) is 7.58. The van der Waals surface area contributed by atoms with E-state index in [0.29, 0.717) is 11.6 Å². The molecule has 3 heteroatoms. The van der Waals surface area contributed by atoms with Crippen LogP contribution in [0.5, 0.6) is 11.5 Å². The predicted molar refractivity (Wildman–Crippen MR) is 48.9 cm³/mol. The van der Waals surface area contributed by atoms with Gasteiger partial charge in [0.15, 0.2) is 11.5 Å². The molecule has 0 saturated carbocycles. The second-order valence-electron chi connectivity index (χ2n) is 2.55. The predicted octanol–water partition coefficient (Wildman–Crippen LogP) is 2.40. The summed E-state index contributed by atoms with van der Waals surface area (Å²) in [5.41, 5.74) is 0. The molecule has 12 heavy (non-hydrogen) atoms. The van der Waals surface area contributed by atoms with E-state index < -0.39 is 0 Å². The first-order valence-electron chi connectivity index (χ1n) is 3.74. The number of hydrogen-bond acceptors (Lipinski definition) is 2. The fourth-order valence-electron chi connectivity index (χ4n) is 0.805. The molecule has 0 aromatic heterocycles. The summed E-state index contributed by atoms with van der Waals surface area (Å²) < 4.78 is 5.31. The highest BCUT2D eigenvalue weighted by molar-refractivity contribution is 6.18. The zero-order chi connectivity index (χ0) is 8.97. The van der Waals surface area contributed by atoms with Crippen molar-refractivity contribution in [1.82, 2.24) is 0 Å². The molecule has 1 aromatic rings. The number of ether oxygens (including phenoxy) is 1. The molecule has 0 saturated heterocycles. The molecule has 1 aromatic carbocycles. The van der Waals surface area contributed by atoms with Gasteiger partial charge in [0, 0.05) is 0 Å². The zero-order valence-electron chi connectivity index (χ0n) is 6.83. The van der Waals surface area contributed by atoms with Gasteiger partial charge < -0.3 is 9.84 Å². The Hall–Kier alpha value is -0.890.